The number of fused-ring (bicyclic) bond motifs is 4. The van der Waals surface area contributed by atoms with Crippen molar-refractivity contribution in [2.75, 3.05) is 11.9 Å². The van der Waals surface area contributed by atoms with Crippen LogP contribution in [0.2, 0.25) is 0 Å². The normalized spacial score (nSPS) is 29.2. The summed E-state index contributed by atoms with van der Waals surface area (Å²) in [5, 5.41) is 5.05. The van der Waals surface area contributed by atoms with Crippen LogP contribution in [0.5, 0.6) is 0 Å². The van der Waals surface area contributed by atoms with Gasteiger partial charge < -0.3 is 5.32 Å². The maximum atomic E-state index is 14.1. The molecule has 3 aliphatic heterocycles. The van der Waals surface area contributed by atoms with Gasteiger partial charge in [-0.05, 0) is 54.6 Å². The molecule has 4 nitrogen and oxygen atoms in total. The van der Waals surface area contributed by atoms with Gasteiger partial charge in [0.15, 0.2) is 5.78 Å². The molecule has 1 amide bonds. The van der Waals surface area contributed by atoms with Crippen LogP contribution in [0.4, 0.5) is 5.69 Å². The Hall–Kier alpha value is -2.28. The highest BCUT2D eigenvalue weighted by Crippen LogP contribution is 2.61. The van der Waals surface area contributed by atoms with Crippen molar-refractivity contribution in [1.82, 2.24) is 4.90 Å². The highest BCUT2D eigenvalue weighted by molar-refractivity contribution is 9.10. The minimum Gasteiger partial charge on any atom is -0.324 e. The number of Topliss-reactive ketones (excluding diaryl/α,β-unsaturated/α-hetero) is 1. The smallest absolute Gasteiger partial charge is 0.250 e. The van der Waals surface area contributed by atoms with Crippen LogP contribution in [-0.2, 0) is 10.3 Å². The van der Waals surface area contributed by atoms with E-state index in [-0.39, 0.29) is 23.7 Å². The van der Waals surface area contributed by atoms with Crippen molar-refractivity contribution in [3.63, 3.8) is 0 Å². The summed E-state index contributed by atoms with van der Waals surface area (Å²) in [5.41, 5.74) is 1.93. The van der Waals surface area contributed by atoms with Crippen molar-refractivity contribution in [1.29, 1.82) is 0 Å². The highest BCUT2D eigenvalue weighted by atomic mass is 79.9. The molecule has 0 saturated carbocycles. The molecule has 2 saturated heterocycles. The molecule has 1 unspecified atom stereocenters. The Labute approximate surface area is 193 Å². The number of hydrogen-bond donors (Lipinski definition) is 1. The van der Waals surface area contributed by atoms with E-state index >= 15 is 0 Å². The third kappa shape index (κ3) is 2.62. The maximum absolute atomic E-state index is 14.1. The molecule has 2 fully saturated rings. The predicted octanol–water partition coefficient (Wildman–Crippen LogP) is 5.42. The zero-order chi connectivity index (χ0) is 21.2. The SMILES string of the molecule is O=C(c1cccs1)[C@H]1[C@H](c2cccc(Br)c2)C2CCCN2[C@]12C(=O)Nc1ccccc12. The van der Waals surface area contributed by atoms with E-state index in [4.69, 9.17) is 0 Å². The standard InChI is InChI=1S/C25H21BrN2O2S/c26-16-7-3-6-15(14-16)21-19-10-4-12-28(19)25(22(21)23(29)20-11-5-13-31-20)17-8-1-2-9-18(17)27-24(25)30/h1-3,5-9,11,13-14,19,21-22H,4,10,12H2,(H,27,30)/t19?,21-,22-,25+/m1/s1. The Bertz CT molecular complexity index is 1190. The summed E-state index contributed by atoms with van der Waals surface area (Å²) in [6.45, 7) is 0.825. The van der Waals surface area contributed by atoms with E-state index in [1.807, 2.05) is 53.9 Å². The summed E-state index contributed by atoms with van der Waals surface area (Å²) in [5.74, 6) is -0.518. The minimum absolute atomic E-state index is 0.0495. The molecule has 1 aromatic heterocycles. The highest BCUT2D eigenvalue weighted by Gasteiger charge is 2.69. The van der Waals surface area contributed by atoms with Crippen LogP contribution in [0.3, 0.4) is 0 Å². The zero-order valence-corrected chi connectivity index (χ0v) is 19.2. The van der Waals surface area contributed by atoms with E-state index < -0.39 is 11.5 Å². The van der Waals surface area contributed by atoms with Gasteiger partial charge in [-0.2, -0.15) is 0 Å². The molecule has 1 N–H and O–H groups in total. The molecular formula is C25H21BrN2O2S. The monoisotopic (exact) mass is 492 g/mol. The summed E-state index contributed by atoms with van der Waals surface area (Å²) in [7, 11) is 0. The summed E-state index contributed by atoms with van der Waals surface area (Å²) in [4.78, 5) is 31.0. The number of amides is 1. The second kappa shape index (κ2) is 7.12. The number of ketones is 1. The molecule has 4 heterocycles. The fraction of sp³-hybridized carbons (Fsp3) is 0.280. The summed E-state index contributed by atoms with van der Waals surface area (Å²) < 4.78 is 0.995. The molecule has 0 aliphatic carbocycles. The number of carbonyl (C=O) groups excluding carboxylic acids is 2. The van der Waals surface area contributed by atoms with Gasteiger partial charge in [0.2, 0.25) is 5.91 Å². The van der Waals surface area contributed by atoms with Crippen molar-refractivity contribution in [2.24, 2.45) is 5.92 Å². The number of thiophene rings is 1. The molecule has 6 rings (SSSR count). The van der Waals surface area contributed by atoms with Crippen LogP contribution < -0.4 is 5.32 Å². The summed E-state index contributed by atoms with van der Waals surface area (Å²) in [6, 6.07) is 20.1. The lowest BCUT2D eigenvalue weighted by atomic mass is 9.69. The van der Waals surface area contributed by atoms with Gasteiger partial charge >= 0.3 is 0 Å². The number of carbonyl (C=O) groups is 2. The van der Waals surface area contributed by atoms with Crippen molar-refractivity contribution < 1.29 is 9.59 Å². The first kappa shape index (κ1) is 19.4. The topological polar surface area (TPSA) is 49.4 Å². The number of hydrogen-bond acceptors (Lipinski definition) is 4. The molecule has 2 aromatic carbocycles. The first-order valence-electron chi connectivity index (χ1n) is 10.6. The molecular weight excluding hydrogens is 472 g/mol. The Balaban J connectivity index is 1.63. The largest absolute Gasteiger partial charge is 0.324 e. The van der Waals surface area contributed by atoms with E-state index in [1.165, 1.54) is 11.3 Å². The van der Waals surface area contributed by atoms with Gasteiger partial charge in [0.25, 0.3) is 0 Å². The molecule has 0 radical (unpaired) electrons. The number of para-hydroxylation sites is 1. The van der Waals surface area contributed by atoms with Crippen molar-refractivity contribution >= 4 is 44.6 Å². The molecule has 1 spiro atoms. The average molecular weight is 493 g/mol. The van der Waals surface area contributed by atoms with E-state index in [2.05, 4.69) is 38.3 Å². The van der Waals surface area contributed by atoms with Gasteiger partial charge in [-0.3, -0.25) is 14.5 Å². The van der Waals surface area contributed by atoms with Gasteiger partial charge in [-0.1, -0.05) is 52.3 Å². The summed E-state index contributed by atoms with van der Waals surface area (Å²) >= 11 is 5.08. The molecule has 3 aliphatic rings. The Kier molecular flexibility index (Phi) is 4.46. The number of benzene rings is 2. The Morgan fingerprint density at radius 1 is 1.13 bits per heavy atom. The number of anilines is 1. The van der Waals surface area contributed by atoms with Crippen LogP contribution in [0, 0.1) is 5.92 Å². The molecule has 6 heteroatoms. The number of halogens is 1. The van der Waals surface area contributed by atoms with E-state index in [0.29, 0.717) is 0 Å². The lowest BCUT2D eigenvalue weighted by Crippen LogP contribution is -2.52. The quantitative estimate of drug-likeness (QED) is 0.496. The van der Waals surface area contributed by atoms with Crippen LogP contribution in [0.1, 0.15) is 39.6 Å². The van der Waals surface area contributed by atoms with Crippen molar-refractivity contribution in [2.45, 2.75) is 30.3 Å². The molecule has 0 bridgehead atoms. The fourth-order valence-electron chi connectivity index (χ4n) is 6.18. The second-order valence-electron chi connectivity index (χ2n) is 8.57. The minimum atomic E-state index is -0.966. The fourth-order valence-corrected chi connectivity index (χ4v) is 7.30. The number of nitrogens with zero attached hydrogens (tertiary/aromatic N) is 1. The first-order chi connectivity index (χ1) is 15.1. The Morgan fingerprint density at radius 3 is 2.81 bits per heavy atom. The summed E-state index contributed by atoms with van der Waals surface area (Å²) in [6.07, 6.45) is 2.02. The first-order valence-corrected chi connectivity index (χ1v) is 12.3. The maximum Gasteiger partial charge on any atom is 0.250 e. The Morgan fingerprint density at radius 2 is 2.00 bits per heavy atom. The molecule has 156 valence electrons. The predicted molar refractivity (Wildman–Crippen MR) is 126 cm³/mol. The van der Waals surface area contributed by atoms with Crippen molar-refractivity contribution in [3.05, 3.63) is 86.5 Å². The lowest BCUT2D eigenvalue weighted by molar-refractivity contribution is -0.127. The van der Waals surface area contributed by atoms with Gasteiger partial charge in [0.1, 0.15) is 5.54 Å². The van der Waals surface area contributed by atoms with Gasteiger partial charge in [-0.25, -0.2) is 0 Å². The van der Waals surface area contributed by atoms with Gasteiger partial charge in [0.05, 0.1) is 10.8 Å². The number of rotatable bonds is 3. The lowest BCUT2D eigenvalue weighted by Gasteiger charge is -2.36. The molecule has 31 heavy (non-hydrogen) atoms. The third-order valence-electron chi connectivity index (χ3n) is 7.19. The third-order valence-corrected chi connectivity index (χ3v) is 8.57. The molecule has 4 atom stereocenters. The number of nitrogens with one attached hydrogen (secondary N) is 1. The van der Waals surface area contributed by atoms with Crippen LogP contribution in [0.15, 0.2) is 70.5 Å². The average Bonchev–Trinajstić information content (AvgIpc) is 3.53. The van der Waals surface area contributed by atoms with Gasteiger partial charge in [-0.15, -0.1) is 11.3 Å². The van der Waals surface area contributed by atoms with Crippen LogP contribution in [0.25, 0.3) is 0 Å². The zero-order valence-electron chi connectivity index (χ0n) is 16.8. The second-order valence-corrected chi connectivity index (χ2v) is 10.4. The van der Waals surface area contributed by atoms with Crippen LogP contribution in [-0.4, -0.2) is 29.2 Å². The van der Waals surface area contributed by atoms with E-state index in [1.54, 1.807) is 0 Å². The molecule has 3 aromatic rings. The van der Waals surface area contributed by atoms with Crippen molar-refractivity contribution in [3.8, 4) is 0 Å². The van der Waals surface area contributed by atoms with E-state index in [9.17, 15) is 9.59 Å². The van der Waals surface area contributed by atoms with Crippen LogP contribution >= 0.6 is 27.3 Å². The van der Waals surface area contributed by atoms with E-state index in [0.717, 1.165) is 45.6 Å². The van der Waals surface area contributed by atoms with Gasteiger partial charge in [0, 0.05) is 27.7 Å².